The summed E-state index contributed by atoms with van der Waals surface area (Å²) in [6, 6.07) is 8.31. The zero-order valence-corrected chi connectivity index (χ0v) is 22.7. The number of oxime groups is 1. The van der Waals surface area contributed by atoms with Crippen molar-refractivity contribution >= 4 is 52.3 Å². The second-order valence-corrected chi connectivity index (χ2v) is 11.2. The van der Waals surface area contributed by atoms with Crippen LogP contribution in [0.1, 0.15) is 34.3 Å². The second-order valence-electron chi connectivity index (χ2n) is 10.0. The minimum absolute atomic E-state index is 0.103. The Bertz CT molecular complexity index is 1440. The largest absolute Gasteiger partial charge is 0.493 e. The molecule has 2 N–H and O–H groups in total. The van der Waals surface area contributed by atoms with Gasteiger partial charge in [0, 0.05) is 29.7 Å². The fourth-order valence-electron chi connectivity index (χ4n) is 5.08. The Labute approximate surface area is 238 Å². The minimum atomic E-state index is -1.17. The topological polar surface area (TPSA) is 117 Å². The molecule has 1 saturated heterocycles. The second kappa shape index (κ2) is 10.1. The highest BCUT2D eigenvalue weighted by Gasteiger charge is 2.47. The lowest BCUT2D eigenvalue weighted by Gasteiger charge is -2.47. The molecule has 2 atom stereocenters. The molecule has 4 heterocycles. The van der Waals surface area contributed by atoms with E-state index in [2.05, 4.69) is 15.1 Å². The van der Waals surface area contributed by atoms with Gasteiger partial charge in [-0.1, -0.05) is 46.0 Å². The van der Waals surface area contributed by atoms with Crippen LogP contribution in [0.25, 0.3) is 0 Å². The lowest BCUT2D eigenvalue weighted by Crippen LogP contribution is -2.60. The average molecular weight is 590 g/mol. The number of pyridine rings is 2. The number of aromatic carboxylic acids is 1. The molecule has 3 aromatic rings. The van der Waals surface area contributed by atoms with Crippen LogP contribution in [0.15, 0.2) is 54.1 Å². The molecule has 2 fully saturated rings. The number of halogens is 3. The monoisotopic (exact) mass is 588 g/mol. The maximum Gasteiger partial charge on any atom is 0.337 e. The van der Waals surface area contributed by atoms with Gasteiger partial charge in [0.1, 0.15) is 35.6 Å². The van der Waals surface area contributed by atoms with Crippen molar-refractivity contribution in [1.29, 1.82) is 0 Å². The van der Waals surface area contributed by atoms with E-state index in [0.717, 1.165) is 12.8 Å². The van der Waals surface area contributed by atoms with E-state index in [1.54, 1.807) is 24.3 Å². The number of hydrogen-bond acceptors (Lipinski definition) is 8. The van der Waals surface area contributed by atoms with Crippen LogP contribution in [-0.2, 0) is 10.4 Å². The van der Waals surface area contributed by atoms with E-state index in [1.165, 1.54) is 24.7 Å². The Hall–Kier alpha value is -3.11. The van der Waals surface area contributed by atoms with Crippen LogP contribution >= 0.6 is 34.8 Å². The van der Waals surface area contributed by atoms with Crippen molar-refractivity contribution in [3.63, 3.8) is 0 Å². The quantitative estimate of drug-likeness (QED) is 0.375. The maximum atomic E-state index is 11.2. The Morgan fingerprint density at radius 1 is 1.08 bits per heavy atom. The number of carboxylic acids is 1. The Morgan fingerprint density at radius 2 is 1.82 bits per heavy atom. The van der Waals surface area contributed by atoms with E-state index in [1.807, 2.05) is 4.90 Å². The summed E-state index contributed by atoms with van der Waals surface area (Å²) in [4.78, 5) is 26.9. The van der Waals surface area contributed by atoms with Gasteiger partial charge >= 0.3 is 5.97 Å². The van der Waals surface area contributed by atoms with E-state index in [9.17, 15) is 9.90 Å². The molecule has 2 unspecified atom stereocenters. The number of aliphatic hydroxyl groups is 1. The van der Waals surface area contributed by atoms with Crippen molar-refractivity contribution in [1.82, 2.24) is 9.97 Å². The number of rotatable bonds is 8. The van der Waals surface area contributed by atoms with Crippen LogP contribution in [0.5, 0.6) is 5.75 Å². The average Bonchev–Trinajstić information content (AvgIpc) is 3.66. The number of β-amino-alcohol motifs (C(OH)–C–C–N with tert-alkyl or cyclic N) is 1. The summed E-state index contributed by atoms with van der Waals surface area (Å²) in [6.07, 6.45) is 6.35. The predicted molar refractivity (Wildman–Crippen MR) is 146 cm³/mol. The Morgan fingerprint density at radius 3 is 2.44 bits per heavy atom. The van der Waals surface area contributed by atoms with E-state index >= 15 is 0 Å². The van der Waals surface area contributed by atoms with E-state index in [4.69, 9.17) is 49.5 Å². The van der Waals surface area contributed by atoms with Crippen LogP contribution in [0.3, 0.4) is 0 Å². The molecular weight excluding hydrogens is 567 g/mol. The first-order valence-electron chi connectivity index (χ1n) is 12.4. The molecule has 1 saturated carbocycles. The molecule has 0 amide bonds. The summed E-state index contributed by atoms with van der Waals surface area (Å²) in [5.74, 6) is 0.299. The fraction of sp³-hybridized carbons (Fsp3) is 0.333. The van der Waals surface area contributed by atoms with Gasteiger partial charge in [0.05, 0.1) is 39.6 Å². The molecule has 2 aliphatic heterocycles. The van der Waals surface area contributed by atoms with Gasteiger partial charge in [-0.2, -0.15) is 0 Å². The molecule has 3 aliphatic rings. The van der Waals surface area contributed by atoms with Crippen molar-refractivity contribution in [2.45, 2.75) is 24.5 Å². The number of anilines is 1. The highest BCUT2D eigenvalue weighted by molar-refractivity contribution is 6.40. The van der Waals surface area contributed by atoms with Gasteiger partial charge in [0.25, 0.3) is 0 Å². The van der Waals surface area contributed by atoms with Crippen LogP contribution in [0, 0.1) is 11.8 Å². The van der Waals surface area contributed by atoms with Crippen molar-refractivity contribution < 1.29 is 24.6 Å². The molecule has 0 radical (unpaired) electrons. The number of nitrogens with zero attached hydrogens (tertiary/aromatic N) is 4. The van der Waals surface area contributed by atoms with Crippen molar-refractivity contribution in [3.05, 3.63) is 80.7 Å². The number of ether oxygens (including phenoxy) is 1. The minimum Gasteiger partial charge on any atom is -0.493 e. The molecule has 0 bridgehead atoms. The zero-order chi connectivity index (χ0) is 27.3. The number of hydrogen-bond donors (Lipinski definition) is 2. The summed E-state index contributed by atoms with van der Waals surface area (Å²) < 4.78 is 6.15. The lowest BCUT2D eigenvalue weighted by atomic mass is 9.86. The third-order valence-corrected chi connectivity index (χ3v) is 8.20. The van der Waals surface area contributed by atoms with E-state index in [-0.39, 0.29) is 37.3 Å². The van der Waals surface area contributed by atoms with Crippen molar-refractivity contribution in [2.75, 3.05) is 24.6 Å². The summed E-state index contributed by atoms with van der Waals surface area (Å²) in [7, 11) is 0. The molecule has 39 heavy (non-hydrogen) atoms. The SMILES string of the molecule is O=C(O)c1ccc(N2CC(O)(c3ccc(OCC4C(c5c(Cl)cncc5Cl)=NOC4C4CC4)cc3Cl)C2)nc1. The van der Waals surface area contributed by atoms with Gasteiger partial charge < -0.3 is 24.7 Å². The van der Waals surface area contributed by atoms with Crippen molar-refractivity contribution in [3.8, 4) is 5.75 Å². The third kappa shape index (κ3) is 5.00. The molecule has 9 nitrogen and oxygen atoms in total. The van der Waals surface area contributed by atoms with Gasteiger partial charge in [-0.05, 0) is 43.0 Å². The molecule has 12 heteroatoms. The van der Waals surface area contributed by atoms with Crippen LogP contribution in [-0.4, -0.2) is 57.7 Å². The highest BCUT2D eigenvalue weighted by atomic mass is 35.5. The normalized spacial score (nSPS) is 21.6. The van der Waals surface area contributed by atoms with Gasteiger partial charge in [-0.3, -0.25) is 4.98 Å². The summed E-state index contributed by atoms with van der Waals surface area (Å²) in [5, 5.41) is 25.8. The summed E-state index contributed by atoms with van der Waals surface area (Å²) >= 11 is 19.4. The van der Waals surface area contributed by atoms with E-state index < -0.39 is 11.6 Å². The maximum absolute atomic E-state index is 11.2. The van der Waals surface area contributed by atoms with Crippen molar-refractivity contribution in [2.24, 2.45) is 17.0 Å². The molecule has 0 spiro atoms. The standard InChI is InChI=1S/C27H23Cl3N4O5/c28-19-7-16(4-5-18(19)27(37)12-34(13-27)22-6-3-15(8-32-22)26(35)36)38-11-17-24(33-39-25(17)14-1-2-14)23-20(29)9-31-10-21(23)30/h3-10,14,17,25,37H,1-2,11-13H2,(H,35,36). The molecule has 202 valence electrons. The van der Waals surface area contributed by atoms with Gasteiger partial charge in [-0.15, -0.1) is 0 Å². The number of aromatic nitrogens is 2. The molecular formula is C27H23Cl3N4O5. The number of carbonyl (C=O) groups is 1. The van der Waals surface area contributed by atoms with E-state index in [0.29, 0.717) is 49.4 Å². The van der Waals surface area contributed by atoms with Gasteiger partial charge in [-0.25, -0.2) is 9.78 Å². The van der Waals surface area contributed by atoms with Crippen LogP contribution in [0.4, 0.5) is 5.82 Å². The molecule has 2 aromatic heterocycles. The molecule has 1 aliphatic carbocycles. The first-order valence-corrected chi connectivity index (χ1v) is 13.5. The lowest BCUT2D eigenvalue weighted by molar-refractivity contribution is 0.00708. The molecule has 1 aromatic carbocycles. The van der Waals surface area contributed by atoms with Crippen LogP contribution in [0.2, 0.25) is 15.1 Å². The summed E-state index contributed by atoms with van der Waals surface area (Å²) in [5.41, 5.74) is 0.746. The Kier molecular flexibility index (Phi) is 6.79. The first kappa shape index (κ1) is 26.1. The van der Waals surface area contributed by atoms with Gasteiger partial charge in [0.2, 0.25) is 0 Å². The van der Waals surface area contributed by atoms with Gasteiger partial charge in [0.15, 0.2) is 0 Å². The Balaban J connectivity index is 1.14. The zero-order valence-electron chi connectivity index (χ0n) is 20.4. The fourth-order valence-corrected chi connectivity index (χ4v) is 5.99. The molecule has 6 rings (SSSR count). The summed E-state index contributed by atoms with van der Waals surface area (Å²) in [6.45, 7) is 0.810. The highest BCUT2D eigenvalue weighted by Crippen LogP contribution is 2.44. The number of benzene rings is 1. The predicted octanol–water partition coefficient (Wildman–Crippen LogP) is 5.05. The first-order chi connectivity index (χ1) is 18.7. The smallest absolute Gasteiger partial charge is 0.337 e. The van der Waals surface area contributed by atoms with Crippen LogP contribution < -0.4 is 9.64 Å². The third-order valence-electron chi connectivity index (χ3n) is 7.31. The number of carboxylic acid groups (broad SMARTS) is 1.